The summed E-state index contributed by atoms with van der Waals surface area (Å²) in [4.78, 5) is 14.3. The molecule has 5 heteroatoms. The zero-order valence-electron chi connectivity index (χ0n) is 5.93. The molecule has 0 bridgehead atoms. The van der Waals surface area contributed by atoms with Crippen LogP contribution in [0.4, 0.5) is 4.39 Å². The molecular weight excluding hydrogens is 167 g/mol. The predicted octanol–water partition coefficient (Wildman–Crippen LogP) is 1.03. The molecule has 0 unspecified atom stereocenters. The van der Waals surface area contributed by atoms with Gasteiger partial charge in [0.15, 0.2) is 0 Å². The molecule has 0 saturated carbocycles. The number of rotatable bonds is 2. The van der Waals surface area contributed by atoms with Gasteiger partial charge in [-0.3, -0.25) is 4.79 Å². The SMILES string of the molecule is CCNC(=O)c1csc(F)n1. The van der Waals surface area contributed by atoms with Crippen molar-refractivity contribution in [2.45, 2.75) is 6.92 Å². The average molecular weight is 174 g/mol. The minimum Gasteiger partial charge on any atom is -0.351 e. The maximum Gasteiger partial charge on any atom is 0.270 e. The highest BCUT2D eigenvalue weighted by atomic mass is 32.1. The van der Waals surface area contributed by atoms with E-state index in [1.165, 1.54) is 5.38 Å². The summed E-state index contributed by atoms with van der Waals surface area (Å²) in [5.41, 5.74) is 0.148. The van der Waals surface area contributed by atoms with Gasteiger partial charge in [0.2, 0.25) is 0 Å². The van der Waals surface area contributed by atoms with E-state index in [4.69, 9.17) is 0 Å². The van der Waals surface area contributed by atoms with Gasteiger partial charge < -0.3 is 5.32 Å². The lowest BCUT2D eigenvalue weighted by Crippen LogP contribution is -2.22. The maximum atomic E-state index is 12.3. The Labute approximate surface area is 67.3 Å². The zero-order valence-corrected chi connectivity index (χ0v) is 6.74. The van der Waals surface area contributed by atoms with Crippen molar-refractivity contribution in [2.24, 2.45) is 0 Å². The molecule has 0 radical (unpaired) electrons. The number of nitrogens with zero attached hydrogens (tertiary/aromatic N) is 1. The molecule has 1 N–H and O–H groups in total. The summed E-state index contributed by atoms with van der Waals surface area (Å²) in [5.74, 6) is -0.326. The molecule has 1 aromatic heterocycles. The van der Waals surface area contributed by atoms with Crippen LogP contribution < -0.4 is 5.32 Å². The van der Waals surface area contributed by atoms with Crippen LogP contribution in [0.25, 0.3) is 0 Å². The highest BCUT2D eigenvalue weighted by Crippen LogP contribution is 2.06. The van der Waals surface area contributed by atoms with Gasteiger partial charge in [0.25, 0.3) is 11.2 Å². The fourth-order valence-corrected chi connectivity index (χ4v) is 1.13. The normalized spacial score (nSPS) is 9.64. The number of amides is 1. The Bertz CT molecular complexity index is 261. The van der Waals surface area contributed by atoms with Crippen molar-refractivity contribution in [1.29, 1.82) is 0 Å². The van der Waals surface area contributed by atoms with Crippen molar-refractivity contribution < 1.29 is 9.18 Å². The Morgan fingerprint density at radius 1 is 1.91 bits per heavy atom. The van der Waals surface area contributed by atoms with Crippen molar-refractivity contribution in [1.82, 2.24) is 10.3 Å². The first-order valence-corrected chi connectivity index (χ1v) is 4.01. The smallest absolute Gasteiger partial charge is 0.270 e. The van der Waals surface area contributed by atoms with Crippen LogP contribution in [0.2, 0.25) is 0 Å². The van der Waals surface area contributed by atoms with Gasteiger partial charge >= 0.3 is 0 Å². The molecule has 0 saturated heterocycles. The topological polar surface area (TPSA) is 42.0 Å². The molecule has 0 aliphatic rings. The molecule has 0 aliphatic carbocycles. The predicted molar refractivity (Wildman–Crippen MR) is 40.1 cm³/mol. The van der Waals surface area contributed by atoms with Crippen LogP contribution in [0.5, 0.6) is 0 Å². The zero-order chi connectivity index (χ0) is 8.27. The van der Waals surface area contributed by atoms with Crippen LogP contribution in [-0.2, 0) is 0 Å². The van der Waals surface area contributed by atoms with Crippen molar-refractivity contribution in [3.63, 3.8) is 0 Å². The third-order valence-corrected chi connectivity index (χ3v) is 1.67. The monoisotopic (exact) mass is 174 g/mol. The van der Waals surface area contributed by atoms with Crippen molar-refractivity contribution in [3.8, 4) is 0 Å². The third-order valence-electron chi connectivity index (χ3n) is 1.05. The van der Waals surface area contributed by atoms with Gasteiger partial charge in [-0.05, 0) is 6.92 Å². The first kappa shape index (κ1) is 8.13. The molecular formula is C6H7FN2OS. The van der Waals surface area contributed by atoms with Crippen molar-refractivity contribution in [3.05, 3.63) is 16.3 Å². The number of hydrogen-bond acceptors (Lipinski definition) is 3. The first-order chi connectivity index (χ1) is 5.24. The van der Waals surface area contributed by atoms with Crippen LogP contribution in [0.1, 0.15) is 17.4 Å². The van der Waals surface area contributed by atoms with E-state index < -0.39 is 5.26 Å². The van der Waals surface area contributed by atoms with Crippen LogP contribution in [-0.4, -0.2) is 17.4 Å². The average Bonchev–Trinajstić information content (AvgIpc) is 2.36. The molecule has 0 spiro atoms. The minimum absolute atomic E-state index is 0.148. The van der Waals surface area contributed by atoms with E-state index in [1.54, 1.807) is 6.92 Å². The number of thiazole rings is 1. The van der Waals surface area contributed by atoms with Gasteiger partial charge in [0, 0.05) is 11.9 Å². The van der Waals surface area contributed by atoms with Gasteiger partial charge in [-0.1, -0.05) is 11.3 Å². The molecule has 1 aromatic rings. The second-order valence-electron chi connectivity index (χ2n) is 1.85. The summed E-state index contributed by atoms with van der Waals surface area (Å²) in [7, 11) is 0. The Kier molecular flexibility index (Phi) is 2.53. The van der Waals surface area contributed by atoms with Gasteiger partial charge in [-0.2, -0.15) is 4.39 Å². The van der Waals surface area contributed by atoms with E-state index in [1.807, 2.05) is 0 Å². The van der Waals surface area contributed by atoms with Crippen LogP contribution in [0.3, 0.4) is 0 Å². The largest absolute Gasteiger partial charge is 0.351 e. The van der Waals surface area contributed by atoms with E-state index in [9.17, 15) is 9.18 Å². The van der Waals surface area contributed by atoms with Gasteiger partial charge in [-0.25, -0.2) is 4.98 Å². The van der Waals surface area contributed by atoms with Crippen molar-refractivity contribution >= 4 is 17.2 Å². The lowest BCUT2D eigenvalue weighted by atomic mass is 10.4. The molecule has 1 rings (SSSR count). The Morgan fingerprint density at radius 2 is 2.64 bits per heavy atom. The highest BCUT2D eigenvalue weighted by Gasteiger charge is 2.08. The molecule has 0 aliphatic heterocycles. The number of aromatic nitrogens is 1. The van der Waals surface area contributed by atoms with Crippen LogP contribution in [0.15, 0.2) is 5.38 Å². The number of hydrogen-bond donors (Lipinski definition) is 1. The molecule has 0 aromatic carbocycles. The molecule has 1 heterocycles. The van der Waals surface area contributed by atoms with E-state index >= 15 is 0 Å². The fraction of sp³-hybridized carbons (Fsp3) is 0.333. The maximum absolute atomic E-state index is 12.3. The van der Waals surface area contributed by atoms with Crippen LogP contribution >= 0.6 is 11.3 Å². The second kappa shape index (κ2) is 3.43. The Morgan fingerprint density at radius 3 is 3.09 bits per heavy atom. The van der Waals surface area contributed by atoms with Crippen LogP contribution in [0, 0.1) is 5.26 Å². The van der Waals surface area contributed by atoms with E-state index in [0.29, 0.717) is 6.54 Å². The minimum atomic E-state index is -0.578. The third kappa shape index (κ3) is 1.98. The van der Waals surface area contributed by atoms with Gasteiger partial charge in [-0.15, -0.1) is 0 Å². The molecule has 60 valence electrons. The van der Waals surface area contributed by atoms with Gasteiger partial charge in [0.05, 0.1) is 0 Å². The molecule has 1 amide bonds. The standard InChI is InChI=1S/C6H7FN2OS/c1-2-8-5(10)4-3-11-6(7)9-4/h3H,2H2,1H3,(H,8,10). The first-order valence-electron chi connectivity index (χ1n) is 3.13. The van der Waals surface area contributed by atoms with E-state index in [0.717, 1.165) is 11.3 Å². The summed E-state index contributed by atoms with van der Waals surface area (Å²) in [5, 5.41) is 3.33. The highest BCUT2D eigenvalue weighted by molar-refractivity contribution is 7.08. The Hall–Kier alpha value is -0.970. The summed E-state index contributed by atoms with van der Waals surface area (Å²) in [6.07, 6.45) is 0. The fourth-order valence-electron chi connectivity index (χ4n) is 0.607. The molecule has 0 fully saturated rings. The molecule has 11 heavy (non-hydrogen) atoms. The van der Waals surface area contributed by atoms with E-state index in [2.05, 4.69) is 10.3 Å². The quantitative estimate of drug-likeness (QED) is 0.727. The molecule has 3 nitrogen and oxygen atoms in total. The number of carbonyl (C=O) groups is 1. The lowest BCUT2D eigenvalue weighted by molar-refractivity contribution is 0.0951. The second-order valence-corrected chi connectivity index (χ2v) is 2.65. The summed E-state index contributed by atoms with van der Waals surface area (Å²) < 4.78 is 12.3. The number of carbonyl (C=O) groups excluding carboxylic acids is 1. The summed E-state index contributed by atoms with van der Waals surface area (Å²) >= 11 is 0.820. The Balaban J connectivity index is 2.69. The summed E-state index contributed by atoms with van der Waals surface area (Å²) in [6, 6.07) is 0. The summed E-state index contributed by atoms with van der Waals surface area (Å²) in [6.45, 7) is 2.32. The van der Waals surface area contributed by atoms with E-state index in [-0.39, 0.29) is 11.6 Å². The molecule has 0 atom stereocenters. The van der Waals surface area contributed by atoms with Crippen molar-refractivity contribution in [2.75, 3.05) is 6.54 Å². The van der Waals surface area contributed by atoms with Gasteiger partial charge in [0.1, 0.15) is 5.69 Å². The number of nitrogens with one attached hydrogen (secondary N) is 1. The number of halogens is 1. The lowest BCUT2D eigenvalue weighted by Gasteiger charge is -1.94.